The fourth-order valence-corrected chi connectivity index (χ4v) is 4.47. The number of hydrogen-bond donors (Lipinski definition) is 1. The molecular weight excluding hydrogens is 308 g/mol. The van der Waals surface area contributed by atoms with Crippen LogP contribution in [0.2, 0.25) is 0 Å². The Hall–Kier alpha value is -1.83. The molecule has 2 nitrogen and oxygen atoms in total. The average molecular weight is 338 g/mol. The van der Waals surface area contributed by atoms with Gasteiger partial charge in [-0.1, -0.05) is 52.0 Å². The summed E-state index contributed by atoms with van der Waals surface area (Å²) in [6.45, 7) is 11.6. The zero-order valence-electron chi connectivity index (χ0n) is 16.1. The Balaban J connectivity index is 2.08. The number of fused-ring (bicyclic) bond motifs is 1. The second-order valence-corrected chi connectivity index (χ2v) is 9.02. The molecule has 2 aliphatic carbocycles. The Bertz CT molecular complexity index is 763. The van der Waals surface area contributed by atoms with Crippen LogP contribution in [0.15, 0.2) is 30.4 Å². The smallest absolute Gasteiger partial charge is 0.327 e. The van der Waals surface area contributed by atoms with E-state index in [2.05, 4.69) is 52.8 Å². The van der Waals surface area contributed by atoms with Gasteiger partial charge in [0.05, 0.1) is 0 Å². The van der Waals surface area contributed by atoms with Gasteiger partial charge in [-0.05, 0) is 71.3 Å². The van der Waals surface area contributed by atoms with Gasteiger partial charge in [0.15, 0.2) is 0 Å². The van der Waals surface area contributed by atoms with E-state index in [1.165, 1.54) is 46.7 Å². The van der Waals surface area contributed by atoms with E-state index in [4.69, 9.17) is 5.11 Å². The van der Waals surface area contributed by atoms with Crippen LogP contribution in [0.5, 0.6) is 0 Å². The van der Waals surface area contributed by atoms with Gasteiger partial charge in [-0.15, -0.1) is 0 Å². The molecule has 0 aliphatic heterocycles. The third-order valence-corrected chi connectivity index (χ3v) is 6.22. The van der Waals surface area contributed by atoms with Crippen LogP contribution in [0.3, 0.4) is 0 Å². The van der Waals surface area contributed by atoms with Crippen molar-refractivity contribution in [1.82, 2.24) is 0 Å². The van der Waals surface area contributed by atoms with Crippen molar-refractivity contribution in [3.05, 3.63) is 52.6 Å². The number of aliphatic carboxylic acids is 1. The highest BCUT2D eigenvalue weighted by Crippen LogP contribution is 2.48. The van der Waals surface area contributed by atoms with E-state index in [0.717, 1.165) is 12.8 Å². The summed E-state index contributed by atoms with van der Waals surface area (Å²) in [6, 6.07) is 4.80. The highest BCUT2D eigenvalue weighted by molar-refractivity contribution is 5.81. The third-order valence-electron chi connectivity index (χ3n) is 6.22. The first kappa shape index (κ1) is 18.0. The maximum Gasteiger partial charge on any atom is 0.327 e. The lowest BCUT2D eigenvalue weighted by molar-refractivity contribution is -0.131. The predicted molar refractivity (Wildman–Crippen MR) is 104 cm³/mol. The van der Waals surface area contributed by atoms with E-state index in [-0.39, 0.29) is 16.7 Å². The molecule has 0 amide bonds. The van der Waals surface area contributed by atoms with Crippen LogP contribution in [0.25, 0.3) is 5.57 Å². The summed E-state index contributed by atoms with van der Waals surface area (Å²) < 4.78 is 0. The van der Waals surface area contributed by atoms with E-state index < -0.39 is 5.97 Å². The van der Waals surface area contributed by atoms with E-state index in [0.29, 0.717) is 0 Å². The van der Waals surface area contributed by atoms with Crippen molar-refractivity contribution >= 4 is 11.5 Å². The Labute approximate surface area is 151 Å². The topological polar surface area (TPSA) is 37.3 Å². The summed E-state index contributed by atoms with van der Waals surface area (Å²) in [7, 11) is 0. The van der Waals surface area contributed by atoms with E-state index in [1.54, 1.807) is 0 Å². The van der Waals surface area contributed by atoms with E-state index >= 15 is 0 Å². The van der Waals surface area contributed by atoms with Crippen molar-refractivity contribution in [1.29, 1.82) is 0 Å². The molecule has 1 atom stereocenters. The van der Waals surface area contributed by atoms with Gasteiger partial charge in [0.25, 0.3) is 0 Å². The monoisotopic (exact) mass is 338 g/mol. The zero-order chi connectivity index (χ0) is 18.4. The minimum Gasteiger partial charge on any atom is -0.478 e. The molecule has 0 fully saturated rings. The van der Waals surface area contributed by atoms with Gasteiger partial charge in [0, 0.05) is 12.0 Å². The highest BCUT2D eigenvalue weighted by Gasteiger charge is 2.37. The molecule has 0 spiro atoms. The maximum absolute atomic E-state index is 10.9. The maximum atomic E-state index is 10.9. The largest absolute Gasteiger partial charge is 0.478 e. The van der Waals surface area contributed by atoms with Gasteiger partial charge in [-0.3, -0.25) is 0 Å². The molecule has 0 heterocycles. The zero-order valence-corrected chi connectivity index (χ0v) is 16.1. The standard InChI is InChI=1S/C23H30O2/c1-15-13-19-20(23(4,5)12-11-22(19,2)3)14-18(15)17-8-6-7-16(17)9-10-21(24)25/h8-10,13-14,16H,6-7,11-12H2,1-5H3,(H,24,25). The quantitative estimate of drug-likeness (QED) is 0.709. The summed E-state index contributed by atoms with van der Waals surface area (Å²) >= 11 is 0. The van der Waals surface area contributed by atoms with Gasteiger partial charge in [-0.25, -0.2) is 4.79 Å². The normalized spacial score (nSPS) is 24.2. The number of carboxylic acid groups (broad SMARTS) is 1. The number of carboxylic acids is 1. The Kier molecular flexibility index (Phi) is 4.43. The van der Waals surface area contributed by atoms with Gasteiger partial charge in [0.2, 0.25) is 0 Å². The van der Waals surface area contributed by atoms with Crippen molar-refractivity contribution < 1.29 is 9.90 Å². The van der Waals surface area contributed by atoms with Crippen molar-refractivity contribution in [2.45, 2.75) is 71.1 Å². The predicted octanol–water partition coefficient (Wildman–Crippen LogP) is 5.78. The SMILES string of the molecule is Cc1cc2c(cc1C1=CCCC1C=CC(=O)O)C(C)(C)CCC2(C)C. The lowest BCUT2D eigenvalue weighted by Crippen LogP contribution is -2.34. The molecule has 0 bridgehead atoms. The molecule has 1 aromatic rings. The van der Waals surface area contributed by atoms with Crippen molar-refractivity contribution in [2.24, 2.45) is 5.92 Å². The van der Waals surface area contributed by atoms with Crippen molar-refractivity contribution in [3.8, 4) is 0 Å². The molecule has 25 heavy (non-hydrogen) atoms. The minimum absolute atomic E-state index is 0.193. The van der Waals surface area contributed by atoms with Gasteiger partial charge in [0.1, 0.15) is 0 Å². The lowest BCUT2D eigenvalue weighted by Gasteiger charge is -2.42. The summed E-state index contributed by atoms with van der Waals surface area (Å²) in [4.78, 5) is 10.9. The van der Waals surface area contributed by atoms with Gasteiger partial charge < -0.3 is 5.11 Å². The summed E-state index contributed by atoms with van der Waals surface area (Å²) in [5.41, 5.74) is 7.30. The summed E-state index contributed by atoms with van der Waals surface area (Å²) in [6.07, 6.45) is 9.90. The van der Waals surface area contributed by atoms with Crippen LogP contribution < -0.4 is 0 Å². The van der Waals surface area contributed by atoms with Crippen molar-refractivity contribution in [3.63, 3.8) is 0 Å². The average Bonchev–Trinajstić information content (AvgIpc) is 2.98. The second kappa shape index (κ2) is 6.16. The van der Waals surface area contributed by atoms with Crippen LogP contribution in [0.1, 0.15) is 75.6 Å². The Morgan fingerprint density at radius 2 is 1.72 bits per heavy atom. The van der Waals surface area contributed by atoms with Crippen LogP contribution in [-0.4, -0.2) is 11.1 Å². The molecule has 1 aromatic carbocycles. The molecule has 0 aromatic heterocycles. The lowest BCUT2D eigenvalue weighted by atomic mass is 9.62. The first-order chi connectivity index (χ1) is 11.6. The molecule has 1 unspecified atom stereocenters. The van der Waals surface area contributed by atoms with Crippen LogP contribution in [0.4, 0.5) is 0 Å². The molecule has 0 saturated heterocycles. The van der Waals surface area contributed by atoms with Crippen LogP contribution in [-0.2, 0) is 15.6 Å². The molecule has 1 N–H and O–H groups in total. The first-order valence-corrected chi connectivity index (χ1v) is 9.39. The summed E-state index contributed by atoms with van der Waals surface area (Å²) in [5, 5.41) is 8.96. The Morgan fingerprint density at radius 3 is 2.32 bits per heavy atom. The summed E-state index contributed by atoms with van der Waals surface area (Å²) in [5.74, 6) is -0.649. The third kappa shape index (κ3) is 3.31. The first-order valence-electron chi connectivity index (χ1n) is 9.39. The van der Waals surface area contributed by atoms with Crippen molar-refractivity contribution in [2.75, 3.05) is 0 Å². The molecule has 2 aliphatic rings. The van der Waals surface area contributed by atoms with Gasteiger partial charge in [-0.2, -0.15) is 0 Å². The number of benzene rings is 1. The number of allylic oxidation sites excluding steroid dienone is 3. The van der Waals surface area contributed by atoms with Crippen LogP contribution in [0, 0.1) is 12.8 Å². The molecule has 2 heteroatoms. The van der Waals surface area contributed by atoms with E-state index in [1.807, 2.05) is 6.08 Å². The highest BCUT2D eigenvalue weighted by atomic mass is 16.4. The second-order valence-electron chi connectivity index (χ2n) is 9.02. The fourth-order valence-electron chi connectivity index (χ4n) is 4.47. The fraction of sp³-hybridized carbons (Fsp3) is 0.522. The van der Waals surface area contributed by atoms with Gasteiger partial charge >= 0.3 is 5.97 Å². The van der Waals surface area contributed by atoms with Crippen LogP contribution >= 0.6 is 0 Å². The number of carbonyl (C=O) groups is 1. The number of hydrogen-bond acceptors (Lipinski definition) is 1. The number of rotatable bonds is 3. The molecule has 0 saturated carbocycles. The molecule has 0 radical (unpaired) electrons. The molecular formula is C23H30O2. The molecule has 134 valence electrons. The van der Waals surface area contributed by atoms with E-state index in [9.17, 15) is 4.79 Å². The number of aryl methyl sites for hydroxylation is 1. The minimum atomic E-state index is -0.865. The Morgan fingerprint density at radius 1 is 1.12 bits per heavy atom. The molecule has 3 rings (SSSR count).